The van der Waals surface area contributed by atoms with E-state index in [2.05, 4.69) is 5.32 Å². The van der Waals surface area contributed by atoms with Crippen LogP contribution in [0.5, 0.6) is 0 Å². The fraction of sp³-hybridized carbons (Fsp3) is 0.769. The molecule has 6 heteroatoms. The van der Waals surface area contributed by atoms with Crippen molar-refractivity contribution in [2.75, 3.05) is 6.54 Å². The molecule has 1 atom stereocenters. The Morgan fingerprint density at radius 2 is 2.16 bits per heavy atom. The van der Waals surface area contributed by atoms with Gasteiger partial charge in [-0.25, -0.2) is 4.79 Å². The average molecular weight is 283 g/mol. The lowest BCUT2D eigenvalue weighted by Crippen LogP contribution is -2.51. The summed E-state index contributed by atoms with van der Waals surface area (Å²) in [5.74, 6) is -0.925. The molecule has 1 aliphatic carbocycles. The number of thiocarbonyl (C=S) groups is 1. The molecule has 0 aromatic heterocycles. The molecule has 0 aromatic carbocycles. The van der Waals surface area contributed by atoms with E-state index < -0.39 is 12.0 Å². The van der Waals surface area contributed by atoms with Gasteiger partial charge in [0.15, 0.2) is 5.11 Å². The van der Waals surface area contributed by atoms with Gasteiger partial charge in [0.05, 0.1) is 12.5 Å². The van der Waals surface area contributed by atoms with E-state index in [0.29, 0.717) is 17.7 Å². The van der Waals surface area contributed by atoms with Crippen LogP contribution in [0.2, 0.25) is 0 Å². The molecule has 0 spiro atoms. The van der Waals surface area contributed by atoms with Crippen LogP contribution in [0.25, 0.3) is 0 Å². The Bertz CT molecular complexity index is 361. The van der Waals surface area contributed by atoms with Gasteiger partial charge in [-0.1, -0.05) is 19.3 Å². The maximum atomic E-state index is 11.1. The highest BCUT2D eigenvalue weighted by molar-refractivity contribution is 7.80. The molecule has 0 amide bonds. The van der Waals surface area contributed by atoms with Gasteiger partial charge >= 0.3 is 5.97 Å². The molecule has 19 heavy (non-hydrogen) atoms. The second kappa shape index (κ2) is 7.95. The molecule has 5 nitrogen and oxygen atoms in total. The van der Waals surface area contributed by atoms with Gasteiger partial charge in [-0.05, 0) is 32.0 Å². The van der Waals surface area contributed by atoms with Crippen LogP contribution in [0, 0.1) is 11.3 Å². The Kier molecular flexibility index (Phi) is 6.57. The lowest BCUT2D eigenvalue weighted by atomic mass is 9.96. The first kappa shape index (κ1) is 15.7. The summed E-state index contributed by atoms with van der Waals surface area (Å²) >= 11 is 5.31. The van der Waals surface area contributed by atoms with E-state index in [1.807, 2.05) is 6.07 Å². The third kappa shape index (κ3) is 5.03. The Labute approximate surface area is 119 Å². The van der Waals surface area contributed by atoms with E-state index in [1.54, 1.807) is 11.8 Å². The maximum Gasteiger partial charge on any atom is 0.326 e. The summed E-state index contributed by atoms with van der Waals surface area (Å²) in [6, 6.07) is 1.66. The molecule has 1 fully saturated rings. The van der Waals surface area contributed by atoms with Gasteiger partial charge in [0.25, 0.3) is 0 Å². The lowest BCUT2D eigenvalue weighted by Gasteiger charge is -2.32. The number of hydrogen-bond acceptors (Lipinski definition) is 3. The van der Waals surface area contributed by atoms with Crippen molar-refractivity contribution in [1.29, 1.82) is 5.26 Å². The Hall–Kier alpha value is -1.35. The fourth-order valence-electron chi connectivity index (χ4n) is 2.28. The van der Waals surface area contributed by atoms with Crippen molar-refractivity contribution in [3.8, 4) is 6.07 Å². The minimum atomic E-state index is -0.925. The molecule has 0 heterocycles. The van der Waals surface area contributed by atoms with Crippen molar-refractivity contribution in [3.63, 3.8) is 0 Å². The number of hydrogen-bond donors (Lipinski definition) is 2. The van der Waals surface area contributed by atoms with E-state index in [4.69, 9.17) is 22.6 Å². The minimum Gasteiger partial charge on any atom is -0.480 e. The standard InChI is InChI=1S/C13H21N3O2S/c1-10(12(17)18)16(9-5-8-14)13(19)15-11-6-3-2-4-7-11/h10-11H,2-7,9H2,1H3,(H,15,19)(H,17,18). The summed E-state index contributed by atoms with van der Waals surface area (Å²) in [6.07, 6.45) is 6.06. The number of nitrogens with one attached hydrogen (secondary N) is 1. The molecule has 2 N–H and O–H groups in total. The van der Waals surface area contributed by atoms with E-state index in [9.17, 15) is 4.79 Å². The number of rotatable bonds is 5. The molecule has 0 aliphatic heterocycles. The van der Waals surface area contributed by atoms with Crippen molar-refractivity contribution in [2.45, 2.75) is 57.5 Å². The van der Waals surface area contributed by atoms with Gasteiger partial charge in [-0.15, -0.1) is 0 Å². The molecular formula is C13H21N3O2S. The van der Waals surface area contributed by atoms with Crippen LogP contribution in [0.15, 0.2) is 0 Å². The van der Waals surface area contributed by atoms with Crippen LogP contribution < -0.4 is 5.32 Å². The second-order valence-electron chi connectivity index (χ2n) is 4.90. The van der Waals surface area contributed by atoms with Crippen molar-refractivity contribution in [1.82, 2.24) is 10.2 Å². The molecule has 1 saturated carbocycles. The van der Waals surface area contributed by atoms with Gasteiger partial charge in [0.1, 0.15) is 6.04 Å². The number of carboxylic acid groups (broad SMARTS) is 1. The molecule has 0 saturated heterocycles. The zero-order valence-electron chi connectivity index (χ0n) is 11.3. The maximum absolute atomic E-state index is 11.1. The molecule has 1 unspecified atom stereocenters. The molecule has 106 valence electrons. The lowest BCUT2D eigenvalue weighted by molar-refractivity contribution is -0.141. The summed E-state index contributed by atoms with van der Waals surface area (Å²) in [4.78, 5) is 12.7. The monoisotopic (exact) mass is 283 g/mol. The zero-order valence-corrected chi connectivity index (χ0v) is 12.1. The number of carboxylic acids is 1. The highest BCUT2D eigenvalue weighted by atomic mass is 32.1. The first-order valence-electron chi connectivity index (χ1n) is 6.73. The summed E-state index contributed by atoms with van der Waals surface area (Å²) in [6.45, 7) is 1.94. The number of nitriles is 1. The molecule has 0 radical (unpaired) electrons. The van der Waals surface area contributed by atoms with E-state index in [-0.39, 0.29) is 6.42 Å². The van der Waals surface area contributed by atoms with Crippen LogP contribution in [-0.2, 0) is 4.79 Å². The third-order valence-electron chi connectivity index (χ3n) is 3.48. The molecule has 0 aromatic rings. The number of carbonyl (C=O) groups is 1. The van der Waals surface area contributed by atoms with Gasteiger partial charge in [0, 0.05) is 12.6 Å². The second-order valence-corrected chi connectivity index (χ2v) is 5.29. The zero-order chi connectivity index (χ0) is 14.3. The first-order valence-corrected chi connectivity index (χ1v) is 7.14. The highest BCUT2D eigenvalue weighted by Gasteiger charge is 2.24. The van der Waals surface area contributed by atoms with Crippen LogP contribution >= 0.6 is 12.2 Å². The Balaban J connectivity index is 2.59. The minimum absolute atomic E-state index is 0.268. The van der Waals surface area contributed by atoms with Crippen LogP contribution in [0.4, 0.5) is 0 Å². The normalized spacial score (nSPS) is 17.3. The van der Waals surface area contributed by atoms with Crippen molar-refractivity contribution in [2.24, 2.45) is 0 Å². The van der Waals surface area contributed by atoms with Crippen LogP contribution in [0.1, 0.15) is 45.4 Å². The topological polar surface area (TPSA) is 76.4 Å². The third-order valence-corrected chi connectivity index (χ3v) is 3.84. The Morgan fingerprint density at radius 3 is 2.68 bits per heavy atom. The van der Waals surface area contributed by atoms with Gasteiger partial charge in [0.2, 0.25) is 0 Å². The number of aliphatic carboxylic acids is 1. The summed E-state index contributed by atoms with van der Waals surface area (Å²) < 4.78 is 0. The summed E-state index contributed by atoms with van der Waals surface area (Å²) in [5, 5.41) is 21.4. The molecule has 1 rings (SSSR count). The van der Waals surface area contributed by atoms with Crippen molar-refractivity contribution < 1.29 is 9.90 Å². The average Bonchev–Trinajstić information content (AvgIpc) is 2.40. The van der Waals surface area contributed by atoms with Crippen LogP contribution in [0.3, 0.4) is 0 Å². The highest BCUT2D eigenvalue weighted by Crippen LogP contribution is 2.18. The summed E-state index contributed by atoms with van der Waals surface area (Å²) in [7, 11) is 0. The largest absolute Gasteiger partial charge is 0.480 e. The van der Waals surface area contributed by atoms with Crippen LogP contribution in [-0.4, -0.2) is 39.7 Å². The van der Waals surface area contributed by atoms with E-state index >= 15 is 0 Å². The van der Waals surface area contributed by atoms with Gasteiger partial charge < -0.3 is 15.3 Å². The predicted molar refractivity (Wildman–Crippen MR) is 76.6 cm³/mol. The molecule has 0 bridgehead atoms. The van der Waals surface area contributed by atoms with E-state index in [1.165, 1.54) is 19.3 Å². The molecular weight excluding hydrogens is 262 g/mol. The fourth-order valence-corrected chi connectivity index (χ4v) is 2.70. The quantitative estimate of drug-likeness (QED) is 0.750. The Morgan fingerprint density at radius 1 is 1.53 bits per heavy atom. The SMILES string of the molecule is CC(C(=O)O)N(CCC#N)C(=S)NC1CCCCC1. The van der Waals surface area contributed by atoms with Gasteiger partial charge in [-0.2, -0.15) is 5.26 Å². The molecule has 1 aliphatic rings. The van der Waals surface area contributed by atoms with Gasteiger partial charge in [-0.3, -0.25) is 0 Å². The van der Waals surface area contributed by atoms with E-state index in [0.717, 1.165) is 12.8 Å². The van der Waals surface area contributed by atoms with Crippen molar-refractivity contribution in [3.05, 3.63) is 0 Å². The number of nitrogens with zero attached hydrogens (tertiary/aromatic N) is 2. The smallest absolute Gasteiger partial charge is 0.326 e. The first-order chi connectivity index (χ1) is 9.06. The predicted octanol–water partition coefficient (Wildman–Crippen LogP) is 1.88. The summed E-state index contributed by atoms with van der Waals surface area (Å²) in [5.41, 5.74) is 0. The van der Waals surface area contributed by atoms with Crippen molar-refractivity contribution >= 4 is 23.3 Å².